The van der Waals surface area contributed by atoms with E-state index in [1.54, 1.807) is 45.6 Å². The summed E-state index contributed by atoms with van der Waals surface area (Å²) in [5.41, 5.74) is 6.76. The third-order valence-corrected chi connectivity index (χ3v) is 12.5. The van der Waals surface area contributed by atoms with E-state index in [4.69, 9.17) is 24.2 Å². The molecule has 2 aliphatic rings. The SMILES string of the molecule is COc1ccc(-c2c3nc(c(-c4ccc(OC)cc4)c4ccc([nH]4)c(-c4c(F)c(F)c(Sc5ccc(O)cc5)c(F)c4F)c4nc(c(-c5ccc(OC)cc5)c5ccc2[nH]5)C=C4)C=C3)cc1. The predicted molar refractivity (Wildman–Crippen MR) is 252 cm³/mol. The van der Waals surface area contributed by atoms with Gasteiger partial charge in [0.25, 0.3) is 0 Å². The summed E-state index contributed by atoms with van der Waals surface area (Å²) >= 11 is 0.493. The molecule has 0 fully saturated rings. The summed E-state index contributed by atoms with van der Waals surface area (Å²) in [5.74, 6) is -4.56. The van der Waals surface area contributed by atoms with Gasteiger partial charge in [-0.1, -0.05) is 48.2 Å². The number of ether oxygens (including phenoxy) is 3. The van der Waals surface area contributed by atoms with Crippen LogP contribution < -0.4 is 14.2 Å². The fraction of sp³-hybridized carbons (Fsp3) is 0.0566. The van der Waals surface area contributed by atoms with E-state index >= 15 is 17.6 Å². The van der Waals surface area contributed by atoms with Crippen LogP contribution in [0.2, 0.25) is 0 Å². The topological polar surface area (TPSA) is 105 Å². The van der Waals surface area contributed by atoms with Crippen molar-refractivity contribution in [1.29, 1.82) is 0 Å². The zero-order valence-corrected chi connectivity index (χ0v) is 36.2. The van der Waals surface area contributed by atoms with Crippen molar-refractivity contribution in [2.24, 2.45) is 0 Å². The maximum atomic E-state index is 16.9. The van der Waals surface area contributed by atoms with Crippen LogP contribution in [-0.2, 0) is 0 Å². The van der Waals surface area contributed by atoms with Crippen LogP contribution in [0.4, 0.5) is 17.6 Å². The minimum absolute atomic E-state index is 0.0315. The van der Waals surface area contributed by atoms with Crippen LogP contribution in [0, 0.1) is 23.3 Å². The molecular formula is C53H36F4N4O4S. The van der Waals surface area contributed by atoms with E-state index in [1.807, 2.05) is 97.1 Å². The lowest BCUT2D eigenvalue weighted by Gasteiger charge is -2.13. The van der Waals surface area contributed by atoms with Gasteiger partial charge in [0.05, 0.1) is 54.6 Å². The minimum atomic E-state index is -1.61. The maximum absolute atomic E-state index is 16.9. The van der Waals surface area contributed by atoms with Gasteiger partial charge in [0.15, 0.2) is 23.3 Å². The second kappa shape index (κ2) is 17.2. The minimum Gasteiger partial charge on any atom is -0.508 e. The molecule has 3 aromatic heterocycles. The Bertz CT molecular complexity index is 3360. The number of halogens is 4. The van der Waals surface area contributed by atoms with Crippen molar-refractivity contribution in [2.45, 2.75) is 9.79 Å². The van der Waals surface area contributed by atoms with Gasteiger partial charge in [-0.05, 0) is 126 Å². The quantitative estimate of drug-likeness (QED) is 0.0979. The number of H-pyrrole nitrogens is 2. The van der Waals surface area contributed by atoms with Gasteiger partial charge in [0.2, 0.25) is 0 Å². The zero-order chi connectivity index (χ0) is 45.6. The molecule has 8 nitrogen and oxygen atoms in total. The second-order valence-electron chi connectivity index (χ2n) is 15.2. The Morgan fingerprint density at radius 1 is 0.409 bits per heavy atom. The second-order valence-corrected chi connectivity index (χ2v) is 16.3. The number of phenolic OH excluding ortho intramolecular Hbond substituents is 1. The van der Waals surface area contributed by atoms with Crippen LogP contribution in [0.3, 0.4) is 0 Å². The highest BCUT2D eigenvalue weighted by atomic mass is 32.2. The molecule has 0 unspecified atom stereocenters. The van der Waals surface area contributed by atoms with E-state index in [9.17, 15) is 5.11 Å². The number of aromatic amines is 2. The van der Waals surface area contributed by atoms with Gasteiger partial charge in [-0.15, -0.1) is 0 Å². The number of rotatable bonds is 9. The molecule has 5 heterocycles. The Hall–Kier alpha value is -8.03. The molecule has 0 radical (unpaired) electrons. The number of methoxy groups -OCH3 is 3. The first-order chi connectivity index (χ1) is 32.1. The Kier molecular flexibility index (Phi) is 10.9. The number of nitrogens with zero attached hydrogens (tertiary/aromatic N) is 2. The summed E-state index contributed by atoms with van der Waals surface area (Å²) in [5, 5.41) is 9.76. The van der Waals surface area contributed by atoms with Gasteiger partial charge in [-0.25, -0.2) is 27.5 Å². The van der Waals surface area contributed by atoms with Crippen molar-refractivity contribution in [3.63, 3.8) is 0 Å². The summed E-state index contributed by atoms with van der Waals surface area (Å²) in [7, 11) is 4.75. The molecule has 13 heteroatoms. The Balaban J connectivity index is 1.34. The number of phenols is 1. The number of fused-ring (bicyclic) bond motifs is 8. The average Bonchev–Trinajstić information content (AvgIpc) is 4.20. The van der Waals surface area contributed by atoms with E-state index in [0.717, 1.165) is 27.8 Å². The van der Waals surface area contributed by atoms with E-state index in [0.29, 0.717) is 68.3 Å². The molecule has 8 aromatic rings. The van der Waals surface area contributed by atoms with E-state index in [1.165, 1.54) is 24.3 Å². The molecular weight excluding hydrogens is 865 g/mol. The van der Waals surface area contributed by atoms with Crippen LogP contribution in [0.15, 0.2) is 131 Å². The lowest BCUT2D eigenvalue weighted by molar-refractivity contribution is 0.415. The van der Waals surface area contributed by atoms with Crippen LogP contribution in [-0.4, -0.2) is 46.4 Å². The fourth-order valence-electron chi connectivity index (χ4n) is 8.21. The number of aromatic nitrogens is 4. The van der Waals surface area contributed by atoms with Crippen LogP contribution in [0.25, 0.3) is 90.9 Å². The summed E-state index contributed by atoms with van der Waals surface area (Å²) in [6.07, 6.45) is 7.07. The Morgan fingerprint density at radius 2 is 0.742 bits per heavy atom. The third-order valence-electron chi connectivity index (χ3n) is 11.4. The number of hydrogen-bond acceptors (Lipinski definition) is 7. The van der Waals surface area contributed by atoms with Crippen molar-refractivity contribution in [3.8, 4) is 67.5 Å². The smallest absolute Gasteiger partial charge is 0.176 e. The summed E-state index contributed by atoms with van der Waals surface area (Å²) < 4.78 is 82.8. The van der Waals surface area contributed by atoms with Gasteiger partial charge in [-0.2, -0.15) is 0 Å². The molecule has 326 valence electrons. The number of hydrogen-bond donors (Lipinski definition) is 3. The van der Waals surface area contributed by atoms with E-state index < -0.39 is 33.7 Å². The highest BCUT2D eigenvalue weighted by Gasteiger charge is 2.30. The Labute approximate surface area is 379 Å². The first kappa shape index (κ1) is 42.0. The number of benzene rings is 5. The molecule has 0 saturated heterocycles. The standard InChI is InChI=1S/C53H36F4N4O4S/c1-63-32-12-4-28(5-13-32)44-36-20-22-38(58-36)45(29-6-14-33(64-2)15-7-29)40-24-26-42(60-40)47(48-49(54)51(56)53(52(57)50(48)55)66-35-18-10-31(62)11-19-35)43-27-25-41(61-43)46(39-23-21-37(44)59-39)30-8-16-34(65-3)17-9-30/h4-27,58,61-62H,1-3H3. The first-order valence-corrected chi connectivity index (χ1v) is 21.4. The predicted octanol–water partition coefficient (Wildman–Crippen LogP) is 13.8. The summed E-state index contributed by atoms with van der Waals surface area (Å²) in [4.78, 5) is 16.6. The molecule has 2 aliphatic heterocycles. The van der Waals surface area contributed by atoms with Gasteiger partial charge < -0.3 is 29.3 Å². The molecule has 10 rings (SSSR count). The lowest BCUT2D eigenvalue weighted by atomic mass is 10.0. The molecule has 0 atom stereocenters. The monoisotopic (exact) mass is 900 g/mol. The summed E-state index contributed by atoms with van der Waals surface area (Å²) in [6.45, 7) is 0. The maximum Gasteiger partial charge on any atom is 0.176 e. The molecule has 8 bridgehead atoms. The van der Waals surface area contributed by atoms with Gasteiger partial charge in [0, 0.05) is 49.2 Å². The molecule has 0 spiro atoms. The molecule has 5 aromatic carbocycles. The zero-order valence-electron chi connectivity index (χ0n) is 35.3. The van der Waals surface area contributed by atoms with Crippen molar-refractivity contribution >= 4 is 58.1 Å². The van der Waals surface area contributed by atoms with E-state index in [2.05, 4.69) is 9.97 Å². The average molecular weight is 901 g/mol. The molecule has 3 N–H and O–H groups in total. The Morgan fingerprint density at radius 3 is 1.09 bits per heavy atom. The normalized spacial score (nSPS) is 11.9. The number of aromatic hydroxyl groups is 1. The molecule has 0 saturated carbocycles. The van der Waals surface area contributed by atoms with Crippen molar-refractivity contribution in [2.75, 3.05) is 21.3 Å². The largest absolute Gasteiger partial charge is 0.508 e. The summed E-state index contributed by atoms with van der Waals surface area (Å²) in [6, 6.07) is 35.0. The van der Waals surface area contributed by atoms with Crippen LogP contribution >= 0.6 is 11.8 Å². The van der Waals surface area contributed by atoms with Crippen molar-refractivity contribution in [3.05, 3.63) is 167 Å². The molecule has 0 aliphatic carbocycles. The molecule has 66 heavy (non-hydrogen) atoms. The van der Waals surface area contributed by atoms with Gasteiger partial charge >= 0.3 is 0 Å². The lowest BCUT2D eigenvalue weighted by Crippen LogP contribution is -2.04. The number of nitrogens with one attached hydrogen (secondary N) is 2. The highest BCUT2D eigenvalue weighted by Crippen LogP contribution is 2.44. The first-order valence-electron chi connectivity index (χ1n) is 20.5. The highest BCUT2D eigenvalue weighted by molar-refractivity contribution is 7.99. The van der Waals surface area contributed by atoms with Gasteiger partial charge in [0.1, 0.15) is 23.0 Å². The van der Waals surface area contributed by atoms with Crippen molar-refractivity contribution in [1.82, 2.24) is 19.9 Å². The van der Waals surface area contributed by atoms with Crippen molar-refractivity contribution < 1.29 is 36.9 Å². The molecule has 0 amide bonds. The fourth-order valence-corrected chi connectivity index (χ4v) is 9.07. The van der Waals surface area contributed by atoms with Crippen LogP contribution in [0.1, 0.15) is 22.8 Å². The third kappa shape index (κ3) is 7.52. The van der Waals surface area contributed by atoms with Crippen LogP contribution in [0.5, 0.6) is 23.0 Å². The van der Waals surface area contributed by atoms with E-state index in [-0.39, 0.29) is 27.4 Å². The van der Waals surface area contributed by atoms with Gasteiger partial charge in [-0.3, -0.25) is 0 Å².